The van der Waals surface area contributed by atoms with Crippen LogP contribution in [0.25, 0.3) is 16.7 Å². The van der Waals surface area contributed by atoms with Crippen molar-refractivity contribution in [3.05, 3.63) is 47.5 Å². The molecule has 0 aliphatic carbocycles. The summed E-state index contributed by atoms with van der Waals surface area (Å²) < 4.78 is 1.84. The summed E-state index contributed by atoms with van der Waals surface area (Å²) in [5.74, 6) is 0. The van der Waals surface area contributed by atoms with Crippen molar-refractivity contribution >= 4 is 16.7 Å². The number of nitrogens with two attached hydrogens (primary N) is 1. The minimum Gasteiger partial charge on any atom is -0.398 e. The number of aromatic nitrogens is 3. The summed E-state index contributed by atoms with van der Waals surface area (Å²) in [5.41, 5.74) is 11.8. The van der Waals surface area contributed by atoms with Crippen molar-refractivity contribution < 1.29 is 0 Å². The number of hydrogen-bond acceptors (Lipinski definition) is 3. The van der Waals surface area contributed by atoms with Gasteiger partial charge in [-0.15, -0.1) is 5.10 Å². The average Bonchev–Trinajstić information content (AvgIpc) is 2.77. The van der Waals surface area contributed by atoms with Crippen LogP contribution in [0, 0.1) is 13.8 Å². The third-order valence-corrected chi connectivity index (χ3v) is 3.14. The maximum atomic E-state index is 6.01. The van der Waals surface area contributed by atoms with Gasteiger partial charge in [0.15, 0.2) is 0 Å². The van der Waals surface area contributed by atoms with Crippen LogP contribution in [0.3, 0.4) is 0 Å². The first-order valence-electron chi connectivity index (χ1n) is 5.84. The summed E-state index contributed by atoms with van der Waals surface area (Å²) in [5, 5.41) is 8.39. The molecule has 0 saturated heterocycles. The molecule has 18 heavy (non-hydrogen) atoms. The lowest BCUT2D eigenvalue weighted by atomic mass is 10.1. The Hall–Kier alpha value is -2.36. The smallest absolute Gasteiger partial charge is 0.113 e. The van der Waals surface area contributed by atoms with E-state index in [1.54, 1.807) is 0 Å². The molecule has 0 bridgehead atoms. The minimum atomic E-state index is 0.782. The molecule has 0 atom stereocenters. The third-order valence-electron chi connectivity index (χ3n) is 3.14. The summed E-state index contributed by atoms with van der Waals surface area (Å²) in [6.45, 7) is 4.03. The number of hydrogen-bond donors (Lipinski definition) is 1. The second kappa shape index (κ2) is 3.84. The first kappa shape index (κ1) is 10.8. The van der Waals surface area contributed by atoms with Gasteiger partial charge in [0.2, 0.25) is 0 Å². The van der Waals surface area contributed by atoms with Gasteiger partial charge in [-0.2, -0.15) is 0 Å². The van der Waals surface area contributed by atoms with E-state index in [9.17, 15) is 0 Å². The Morgan fingerprint density at radius 1 is 1.11 bits per heavy atom. The molecule has 3 aromatic rings. The average molecular weight is 238 g/mol. The summed E-state index contributed by atoms with van der Waals surface area (Å²) >= 11 is 0. The van der Waals surface area contributed by atoms with Gasteiger partial charge in [-0.25, -0.2) is 4.68 Å². The molecule has 3 rings (SSSR count). The Kier molecular flexibility index (Phi) is 2.30. The molecule has 0 saturated carbocycles. The van der Waals surface area contributed by atoms with Crippen LogP contribution in [0.2, 0.25) is 0 Å². The van der Waals surface area contributed by atoms with Crippen LogP contribution in [0.15, 0.2) is 36.4 Å². The standard InChI is InChI=1S/C14H14N4/c1-9-7-11(15)10(2)14(8-9)18-13-6-4-3-5-12(13)16-17-18/h3-8H,15H2,1-2H3. The van der Waals surface area contributed by atoms with Crippen molar-refractivity contribution in [2.75, 3.05) is 5.73 Å². The second-order valence-corrected chi connectivity index (χ2v) is 4.49. The maximum Gasteiger partial charge on any atom is 0.113 e. The van der Waals surface area contributed by atoms with Gasteiger partial charge >= 0.3 is 0 Å². The lowest BCUT2D eigenvalue weighted by Crippen LogP contribution is -2.03. The first-order valence-corrected chi connectivity index (χ1v) is 5.84. The van der Waals surface area contributed by atoms with Crippen LogP contribution in [0.5, 0.6) is 0 Å². The van der Waals surface area contributed by atoms with Crippen LogP contribution in [-0.2, 0) is 0 Å². The summed E-state index contributed by atoms with van der Waals surface area (Å²) in [6, 6.07) is 11.9. The lowest BCUT2D eigenvalue weighted by molar-refractivity contribution is 0.818. The number of benzene rings is 2. The van der Waals surface area contributed by atoms with Crippen molar-refractivity contribution in [1.82, 2.24) is 15.0 Å². The molecule has 0 fully saturated rings. The van der Waals surface area contributed by atoms with E-state index in [-0.39, 0.29) is 0 Å². The summed E-state index contributed by atoms with van der Waals surface area (Å²) in [7, 11) is 0. The number of para-hydroxylation sites is 1. The Balaban J connectivity index is 2.33. The quantitative estimate of drug-likeness (QED) is 0.663. The topological polar surface area (TPSA) is 56.7 Å². The molecule has 0 radical (unpaired) electrons. The molecule has 4 heteroatoms. The Morgan fingerprint density at radius 3 is 2.72 bits per heavy atom. The summed E-state index contributed by atoms with van der Waals surface area (Å²) in [4.78, 5) is 0. The molecule has 0 aliphatic rings. The van der Waals surface area contributed by atoms with Gasteiger partial charge < -0.3 is 5.73 Å². The van der Waals surface area contributed by atoms with E-state index in [0.717, 1.165) is 33.5 Å². The monoisotopic (exact) mass is 238 g/mol. The normalized spacial score (nSPS) is 11.0. The highest BCUT2D eigenvalue weighted by Crippen LogP contribution is 2.24. The fourth-order valence-corrected chi connectivity index (χ4v) is 2.13. The number of anilines is 1. The van der Waals surface area contributed by atoms with Crippen LogP contribution < -0.4 is 5.73 Å². The number of rotatable bonds is 1. The highest BCUT2D eigenvalue weighted by atomic mass is 15.4. The van der Waals surface area contributed by atoms with Gasteiger partial charge in [0, 0.05) is 5.69 Å². The molecule has 2 aromatic carbocycles. The largest absolute Gasteiger partial charge is 0.398 e. The van der Waals surface area contributed by atoms with Crippen LogP contribution in [0.4, 0.5) is 5.69 Å². The van der Waals surface area contributed by atoms with Crippen molar-refractivity contribution in [2.45, 2.75) is 13.8 Å². The molecular weight excluding hydrogens is 224 g/mol. The Bertz CT molecular complexity index is 728. The van der Waals surface area contributed by atoms with E-state index in [0.29, 0.717) is 0 Å². The van der Waals surface area contributed by atoms with Gasteiger partial charge in [0.05, 0.1) is 11.2 Å². The van der Waals surface area contributed by atoms with Gasteiger partial charge in [0.1, 0.15) is 5.52 Å². The lowest BCUT2D eigenvalue weighted by Gasteiger charge is -2.10. The number of aryl methyl sites for hydroxylation is 1. The predicted molar refractivity (Wildman–Crippen MR) is 72.8 cm³/mol. The Labute approximate surface area is 105 Å². The van der Waals surface area contributed by atoms with Gasteiger partial charge in [-0.05, 0) is 49.2 Å². The van der Waals surface area contributed by atoms with Crippen LogP contribution in [0.1, 0.15) is 11.1 Å². The van der Waals surface area contributed by atoms with E-state index in [4.69, 9.17) is 5.73 Å². The summed E-state index contributed by atoms with van der Waals surface area (Å²) in [6.07, 6.45) is 0. The molecule has 0 unspecified atom stereocenters. The molecule has 1 aromatic heterocycles. The molecule has 1 heterocycles. The predicted octanol–water partition coefficient (Wildman–Crippen LogP) is 2.62. The van der Waals surface area contributed by atoms with Crippen molar-refractivity contribution in [3.8, 4) is 5.69 Å². The second-order valence-electron chi connectivity index (χ2n) is 4.49. The molecule has 90 valence electrons. The fraction of sp³-hybridized carbons (Fsp3) is 0.143. The first-order chi connectivity index (χ1) is 8.66. The maximum absolute atomic E-state index is 6.01. The number of nitrogen functional groups attached to an aromatic ring is 1. The van der Waals surface area contributed by atoms with Crippen molar-refractivity contribution in [1.29, 1.82) is 0 Å². The van der Waals surface area contributed by atoms with E-state index in [1.807, 2.05) is 48.9 Å². The van der Waals surface area contributed by atoms with Gasteiger partial charge in [-0.3, -0.25) is 0 Å². The zero-order valence-corrected chi connectivity index (χ0v) is 10.4. The van der Waals surface area contributed by atoms with E-state index >= 15 is 0 Å². The zero-order valence-electron chi connectivity index (χ0n) is 10.4. The molecule has 0 aliphatic heterocycles. The van der Waals surface area contributed by atoms with E-state index < -0.39 is 0 Å². The van der Waals surface area contributed by atoms with Crippen molar-refractivity contribution in [3.63, 3.8) is 0 Å². The number of nitrogens with zero attached hydrogens (tertiary/aromatic N) is 3. The van der Waals surface area contributed by atoms with Gasteiger partial charge in [0.25, 0.3) is 0 Å². The fourth-order valence-electron chi connectivity index (χ4n) is 2.13. The highest BCUT2D eigenvalue weighted by Gasteiger charge is 2.10. The molecule has 0 amide bonds. The third kappa shape index (κ3) is 1.54. The molecule has 0 spiro atoms. The highest BCUT2D eigenvalue weighted by molar-refractivity contribution is 5.77. The zero-order chi connectivity index (χ0) is 12.7. The van der Waals surface area contributed by atoms with E-state index in [2.05, 4.69) is 16.4 Å². The molecular formula is C14H14N4. The molecule has 2 N–H and O–H groups in total. The van der Waals surface area contributed by atoms with Crippen molar-refractivity contribution in [2.24, 2.45) is 0 Å². The number of fused-ring (bicyclic) bond motifs is 1. The van der Waals surface area contributed by atoms with Gasteiger partial charge in [-0.1, -0.05) is 17.3 Å². The molecule has 4 nitrogen and oxygen atoms in total. The Morgan fingerprint density at radius 2 is 1.89 bits per heavy atom. The van der Waals surface area contributed by atoms with E-state index in [1.165, 1.54) is 0 Å². The SMILES string of the molecule is Cc1cc(N)c(C)c(-n2nnc3ccccc32)c1. The minimum absolute atomic E-state index is 0.782. The van der Waals surface area contributed by atoms with Crippen LogP contribution >= 0.6 is 0 Å². The van der Waals surface area contributed by atoms with Crippen LogP contribution in [-0.4, -0.2) is 15.0 Å².